The van der Waals surface area contributed by atoms with Crippen molar-refractivity contribution in [2.24, 2.45) is 0 Å². The molecule has 0 spiro atoms. The van der Waals surface area contributed by atoms with E-state index in [0.717, 1.165) is 18.5 Å². The second-order valence-corrected chi connectivity index (χ2v) is 5.30. The van der Waals surface area contributed by atoms with Gasteiger partial charge in [-0.3, -0.25) is 0 Å². The number of carbonyl (C=O) groups excluding carboxylic acids is 1. The Morgan fingerprint density at radius 3 is 2.65 bits per heavy atom. The molecule has 1 amide bonds. The van der Waals surface area contributed by atoms with Crippen LogP contribution in [0.4, 0.5) is 4.79 Å². The third kappa shape index (κ3) is 2.93. The van der Waals surface area contributed by atoms with E-state index in [0.29, 0.717) is 0 Å². The van der Waals surface area contributed by atoms with Crippen LogP contribution in [-0.4, -0.2) is 21.7 Å². The van der Waals surface area contributed by atoms with Crippen molar-refractivity contribution in [2.75, 3.05) is 0 Å². The van der Waals surface area contributed by atoms with Crippen LogP contribution >= 0.6 is 0 Å². The molecule has 5 heteroatoms. The molecule has 1 aliphatic carbocycles. The number of carbonyl (C=O) groups is 1. The van der Waals surface area contributed by atoms with Crippen molar-refractivity contribution in [3.63, 3.8) is 0 Å². The molecule has 5 nitrogen and oxygen atoms in total. The van der Waals surface area contributed by atoms with Crippen LogP contribution in [0.2, 0.25) is 0 Å². The molecule has 1 fully saturated rings. The Bertz CT molecular complexity index is 408. The quantitative estimate of drug-likeness (QED) is 0.851. The first kappa shape index (κ1) is 11.8. The lowest BCUT2D eigenvalue weighted by atomic mass is 10.2. The van der Waals surface area contributed by atoms with E-state index in [1.807, 2.05) is 26.8 Å². The molecule has 17 heavy (non-hydrogen) atoms. The standard InChI is InChI=1S/C12H17N3O2/c1-11(2,3)17-10(16)15-12(5-6-12)9-4-7-13-8-14-9/h4,7-8H,5-6H2,1-3H3,(H,15,16). The van der Waals surface area contributed by atoms with Gasteiger partial charge in [-0.25, -0.2) is 14.8 Å². The second-order valence-electron chi connectivity index (χ2n) is 5.30. The summed E-state index contributed by atoms with van der Waals surface area (Å²) in [5, 5.41) is 2.89. The van der Waals surface area contributed by atoms with Crippen LogP contribution in [0.3, 0.4) is 0 Å². The molecule has 1 saturated carbocycles. The van der Waals surface area contributed by atoms with Gasteiger partial charge in [-0.1, -0.05) is 0 Å². The average Bonchev–Trinajstić information content (AvgIpc) is 2.97. The normalized spacial score (nSPS) is 17.4. The van der Waals surface area contributed by atoms with Gasteiger partial charge in [0, 0.05) is 6.20 Å². The highest BCUT2D eigenvalue weighted by molar-refractivity contribution is 5.69. The van der Waals surface area contributed by atoms with Gasteiger partial charge in [0.25, 0.3) is 0 Å². The van der Waals surface area contributed by atoms with Gasteiger partial charge in [0.2, 0.25) is 0 Å². The Hall–Kier alpha value is -1.65. The summed E-state index contributed by atoms with van der Waals surface area (Å²) >= 11 is 0. The first-order chi connectivity index (χ1) is 7.91. The minimum Gasteiger partial charge on any atom is -0.444 e. The maximum absolute atomic E-state index is 11.7. The lowest BCUT2D eigenvalue weighted by Gasteiger charge is -2.23. The Labute approximate surface area is 101 Å². The number of nitrogens with zero attached hydrogens (tertiary/aromatic N) is 2. The number of nitrogens with one attached hydrogen (secondary N) is 1. The smallest absolute Gasteiger partial charge is 0.408 e. The van der Waals surface area contributed by atoms with Crippen molar-refractivity contribution in [1.29, 1.82) is 0 Å². The number of rotatable bonds is 2. The van der Waals surface area contributed by atoms with Crippen LogP contribution in [0.5, 0.6) is 0 Å². The molecule has 0 aliphatic heterocycles. The molecule has 1 aromatic heterocycles. The fourth-order valence-corrected chi connectivity index (χ4v) is 1.64. The average molecular weight is 235 g/mol. The van der Waals surface area contributed by atoms with E-state index in [9.17, 15) is 4.79 Å². The van der Waals surface area contributed by atoms with Crippen LogP contribution < -0.4 is 5.32 Å². The summed E-state index contributed by atoms with van der Waals surface area (Å²) in [4.78, 5) is 19.8. The van der Waals surface area contributed by atoms with E-state index in [2.05, 4.69) is 15.3 Å². The summed E-state index contributed by atoms with van der Waals surface area (Å²) in [6.45, 7) is 5.53. The minimum atomic E-state index is -0.480. The molecule has 1 N–H and O–H groups in total. The van der Waals surface area contributed by atoms with E-state index >= 15 is 0 Å². The first-order valence-corrected chi connectivity index (χ1v) is 5.69. The van der Waals surface area contributed by atoms with Crippen molar-refractivity contribution in [1.82, 2.24) is 15.3 Å². The molecule has 0 unspecified atom stereocenters. The highest BCUT2D eigenvalue weighted by Gasteiger charge is 2.47. The van der Waals surface area contributed by atoms with E-state index < -0.39 is 11.7 Å². The molecule has 1 aliphatic rings. The van der Waals surface area contributed by atoms with Gasteiger partial charge in [-0.05, 0) is 39.7 Å². The first-order valence-electron chi connectivity index (χ1n) is 5.69. The van der Waals surface area contributed by atoms with Gasteiger partial charge in [0.15, 0.2) is 0 Å². The SMILES string of the molecule is CC(C)(C)OC(=O)NC1(c2ccncn2)CC1. The molecule has 0 atom stereocenters. The van der Waals surface area contributed by atoms with E-state index in [1.54, 1.807) is 6.20 Å². The monoisotopic (exact) mass is 235 g/mol. The fraction of sp³-hybridized carbons (Fsp3) is 0.583. The third-order valence-corrected chi connectivity index (χ3v) is 2.56. The zero-order chi connectivity index (χ0) is 12.5. The van der Waals surface area contributed by atoms with Crippen LogP contribution in [-0.2, 0) is 10.3 Å². The van der Waals surface area contributed by atoms with Crippen LogP contribution in [0.25, 0.3) is 0 Å². The van der Waals surface area contributed by atoms with Crippen molar-refractivity contribution in [3.05, 3.63) is 24.3 Å². The summed E-state index contributed by atoms with van der Waals surface area (Å²) in [6.07, 6.45) is 4.56. The van der Waals surface area contributed by atoms with E-state index in [4.69, 9.17) is 4.74 Å². The van der Waals surface area contributed by atoms with Crippen LogP contribution in [0, 0.1) is 0 Å². The summed E-state index contributed by atoms with van der Waals surface area (Å²) in [5.74, 6) is 0. The molecule has 0 aromatic carbocycles. The highest BCUT2D eigenvalue weighted by atomic mass is 16.6. The van der Waals surface area contributed by atoms with Crippen molar-refractivity contribution in [2.45, 2.75) is 44.8 Å². The van der Waals surface area contributed by atoms with Crippen LogP contribution in [0.1, 0.15) is 39.3 Å². The summed E-state index contributed by atoms with van der Waals surface area (Å²) in [5.41, 5.74) is 0.0234. The maximum atomic E-state index is 11.7. The summed E-state index contributed by atoms with van der Waals surface area (Å²) in [6, 6.07) is 1.82. The topological polar surface area (TPSA) is 64.1 Å². The summed E-state index contributed by atoms with van der Waals surface area (Å²) < 4.78 is 5.24. The molecule has 0 radical (unpaired) electrons. The maximum Gasteiger partial charge on any atom is 0.408 e. The number of amides is 1. The molecule has 0 bridgehead atoms. The largest absolute Gasteiger partial charge is 0.444 e. The molecule has 92 valence electrons. The molecule has 2 rings (SSSR count). The van der Waals surface area contributed by atoms with E-state index in [-0.39, 0.29) is 5.54 Å². The van der Waals surface area contributed by atoms with Gasteiger partial charge in [-0.2, -0.15) is 0 Å². The Morgan fingerprint density at radius 2 is 2.18 bits per heavy atom. The van der Waals surface area contributed by atoms with Crippen LogP contribution in [0.15, 0.2) is 18.6 Å². The Balaban J connectivity index is 2.02. The molecular weight excluding hydrogens is 218 g/mol. The van der Waals surface area contributed by atoms with Gasteiger partial charge >= 0.3 is 6.09 Å². The molecule has 1 heterocycles. The van der Waals surface area contributed by atoms with Gasteiger partial charge in [0.1, 0.15) is 11.9 Å². The number of hydrogen-bond donors (Lipinski definition) is 1. The number of alkyl carbamates (subject to hydrolysis) is 1. The van der Waals surface area contributed by atoms with Crippen molar-refractivity contribution < 1.29 is 9.53 Å². The Kier molecular flexibility index (Phi) is 2.77. The third-order valence-electron chi connectivity index (χ3n) is 2.56. The number of hydrogen-bond acceptors (Lipinski definition) is 4. The number of ether oxygens (including phenoxy) is 1. The second kappa shape index (κ2) is 3.98. The molecule has 1 aromatic rings. The number of aromatic nitrogens is 2. The van der Waals surface area contributed by atoms with Gasteiger partial charge in [-0.15, -0.1) is 0 Å². The van der Waals surface area contributed by atoms with Crippen molar-refractivity contribution in [3.8, 4) is 0 Å². The highest BCUT2D eigenvalue weighted by Crippen LogP contribution is 2.44. The minimum absolute atomic E-state index is 0.342. The Morgan fingerprint density at radius 1 is 1.47 bits per heavy atom. The lowest BCUT2D eigenvalue weighted by molar-refractivity contribution is 0.0493. The molecule has 0 saturated heterocycles. The van der Waals surface area contributed by atoms with Gasteiger partial charge < -0.3 is 10.1 Å². The summed E-state index contributed by atoms with van der Waals surface area (Å²) in [7, 11) is 0. The van der Waals surface area contributed by atoms with Crippen molar-refractivity contribution >= 4 is 6.09 Å². The predicted molar refractivity (Wildman–Crippen MR) is 62.3 cm³/mol. The zero-order valence-corrected chi connectivity index (χ0v) is 10.4. The van der Waals surface area contributed by atoms with Gasteiger partial charge in [0.05, 0.1) is 11.2 Å². The predicted octanol–water partition coefficient (Wildman–Crippen LogP) is 1.99. The molecular formula is C12H17N3O2. The zero-order valence-electron chi connectivity index (χ0n) is 10.4. The lowest BCUT2D eigenvalue weighted by Crippen LogP contribution is -2.39. The van der Waals surface area contributed by atoms with E-state index in [1.165, 1.54) is 6.33 Å². The fourth-order valence-electron chi connectivity index (χ4n) is 1.64.